The van der Waals surface area contributed by atoms with Crippen molar-refractivity contribution in [1.82, 2.24) is 14.5 Å². The molecule has 0 fully saturated rings. The van der Waals surface area contributed by atoms with E-state index in [1.54, 1.807) is 0 Å². The number of nitrogens with one attached hydrogen (secondary N) is 1. The molecule has 0 aliphatic heterocycles. The van der Waals surface area contributed by atoms with E-state index in [0.717, 1.165) is 4.31 Å². The van der Waals surface area contributed by atoms with E-state index in [-0.39, 0.29) is 22.9 Å². The zero-order valence-corrected chi connectivity index (χ0v) is 14.9. The fourth-order valence-electron chi connectivity index (χ4n) is 1.96. The summed E-state index contributed by atoms with van der Waals surface area (Å²) in [6, 6.07) is 4.50. The number of carbonyl (C=O) groups is 2. The number of hydrogen-bond donors (Lipinski definition) is 1. The highest BCUT2D eigenvalue weighted by Crippen LogP contribution is 2.18. The lowest BCUT2D eigenvalue weighted by Gasteiger charge is -2.26. The Balaban J connectivity index is 3.11. The first-order valence-electron chi connectivity index (χ1n) is 7.26. The third-order valence-electron chi connectivity index (χ3n) is 3.50. The Morgan fingerprint density at radius 2 is 1.88 bits per heavy atom. The molecule has 1 atom stereocenters. The van der Waals surface area contributed by atoms with E-state index in [1.807, 2.05) is 0 Å². The Hall–Kier alpha value is -2.00. The molecule has 0 heterocycles. The van der Waals surface area contributed by atoms with Gasteiger partial charge in [-0.2, -0.15) is 4.31 Å². The first-order chi connectivity index (χ1) is 11.1. The van der Waals surface area contributed by atoms with Gasteiger partial charge in [0.25, 0.3) is 5.91 Å². The second-order valence-corrected chi connectivity index (χ2v) is 7.40. The molecule has 0 spiro atoms. The van der Waals surface area contributed by atoms with Crippen LogP contribution in [0.1, 0.15) is 17.3 Å². The van der Waals surface area contributed by atoms with Crippen molar-refractivity contribution in [2.24, 2.45) is 0 Å². The third-order valence-corrected chi connectivity index (χ3v) is 5.42. The standard InChI is InChI=1S/C15H22FN3O4S/c1-11(15(21)18(2)3)19(4)24(22,23)13-7-5-6-12(10-13)14(20)17-9-8-16/h5-7,10-11H,8-9H2,1-4H3,(H,17,20)/t11-/m1/s1. The highest BCUT2D eigenvalue weighted by molar-refractivity contribution is 7.89. The molecule has 0 aliphatic rings. The van der Waals surface area contributed by atoms with Gasteiger partial charge in [-0.25, -0.2) is 12.8 Å². The van der Waals surface area contributed by atoms with E-state index in [9.17, 15) is 22.4 Å². The maximum absolute atomic E-state index is 12.7. The monoisotopic (exact) mass is 359 g/mol. The lowest BCUT2D eigenvalue weighted by Crippen LogP contribution is -2.45. The number of halogens is 1. The first kappa shape index (κ1) is 20.0. The fraction of sp³-hybridized carbons (Fsp3) is 0.467. The predicted octanol–water partition coefficient (Wildman–Crippen LogP) is 0.483. The van der Waals surface area contributed by atoms with Gasteiger partial charge in [0.2, 0.25) is 15.9 Å². The largest absolute Gasteiger partial charge is 0.349 e. The number of likely N-dealkylation sites (N-methyl/N-ethyl adjacent to an activating group) is 2. The average Bonchev–Trinajstić information content (AvgIpc) is 2.57. The minimum absolute atomic E-state index is 0.101. The van der Waals surface area contributed by atoms with E-state index in [0.29, 0.717) is 0 Å². The predicted molar refractivity (Wildman–Crippen MR) is 87.9 cm³/mol. The summed E-state index contributed by atoms with van der Waals surface area (Å²) in [4.78, 5) is 25.0. The summed E-state index contributed by atoms with van der Waals surface area (Å²) in [6.45, 7) is 0.623. The van der Waals surface area contributed by atoms with Gasteiger partial charge in [0, 0.05) is 33.3 Å². The number of amides is 2. The van der Waals surface area contributed by atoms with E-state index < -0.39 is 28.6 Å². The van der Waals surface area contributed by atoms with E-state index >= 15 is 0 Å². The topological polar surface area (TPSA) is 86.8 Å². The Labute approximate surface area is 141 Å². The van der Waals surface area contributed by atoms with Crippen molar-refractivity contribution in [3.63, 3.8) is 0 Å². The van der Waals surface area contributed by atoms with Crippen LogP contribution >= 0.6 is 0 Å². The molecule has 134 valence electrons. The summed E-state index contributed by atoms with van der Waals surface area (Å²) >= 11 is 0. The van der Waals surface area contributed by atoms with Gasteiger partial charge in [0.15, 0.2) is 0 Å². The van der Waals surface area contributed by atoms with Gasteiger partial charge >= 0.3 is 0 Å². The van der Waals surface area contributed by atoms with Gasteiger partial charge in [0.05, 0.1) is 4.90 Å². The lowest BCUT2D eigenvalue weighted by molar-refractivity contribution is -0.131. The first-order valence-corrected chi connectivity index (χ1v) is 8.70. The van der Waals surface area contributed by atoms with Crippen LogP contribution in [0, 0.1) is 0 Å². The number of rotatable bonds is 7. The maximum atomic E-state index is 12.7. The van der Waals surface area contributed by atoms with Gasteiger partial charge in [-0.1, -0.05) is 6.07 Å². The fourth-order valence-corrected chi connectivity index (χ4v) is 3.33. The summed E-state index contributed by atoms with van der Waals surface area (Å²) in [7, 11) is 0.415. The summed E-state index contributed by atoms with van der Waals surface area (Å²) in [5, 5.41) is 2.33. The molecule has 0 aliphatic carbocycles. The third kappa shape index (κ3) is 4.51. The van der Waals surface area contributed by atoms with Crippen molar-refractivity contribution in [2.45, 2.75) is 17.9 Å². The second-order valence-electron chi connectivity index (χ2n) is 5.40. The van der Waals surface area contributed by atoms with Crippen LogP contribution < -0.4 is 5.32 Å². The van der Waals surface area contributed by atoms with Crippen molar-refractivity contribution < 1.29 is 22.4 Å². The summed E-state index contributed by atoms with van der Waals surface area (Å²) in [6.07, 6.45) is 0. The minimum Gasteiger partial charge on any atom is -0.349 e. The zero-order chi connectivity index (χ0) is 18.5. The SMILES string of the molecule is C[C@H](C(=O)N(C)C)N(C)S(=O)(=O)c1cccc(C(=O)NCCF)c1. The number of sulfonamides is 1. The van der Waals surface area contributed by atoms with E-state index in [1.165, 1.54) is 57.2 Å². The number of benzene rings is 1. The number of alkyl halides is 1. The van der Waals surface area contributed by atoms with E-state index in [4.69, 9.17) is 0 Å². The Kier molecular flexibility index (Phi) is 6.85. The molecule has 7 nitrogen and oxygen atoms in total. The van der Waals surface area contributed by atoms with Gasteiger partial charge in [0.1, 0.15) is 12.7 Å². The molecule has 9 heteroatoms. The van der Waals surface area contributed by atoms with Crippen LogP contribution in [0.3, 0.4) is 0 Å². The smallest absolute Gasteiger partial charge is 0.251 e. The molecule has 0 saturated carbocycles. The van der Waals surface area contributed by atoms with Crippen LogP contribution in [-0.2, 0) is 14.8 Å². The molecule has 1 N–H and O–H groups in total. The molecular weight excluding hydrogens is 337 g/mol. The lowest BCUT2D eigenvalue weighted by atomic mass is 10.2. The van der Waals surface area contributed by atoms with Crippen LogP contribution in [0.2, 0.25) is 0 Å². The van der Waals surface area contributed by atoms with E-state index in [2.05, 4.69) is 5.32 Å². The second kappa shape index (κ2) is 8.20. The molecule has 0 saturated heterocycles. The van der Waals surface area contributed by atoms with Crippen molar-refractivity contribution in [3.8, 4) is 0 Å². The highest BCUT2D eigenvalue weighted by Gasteiger charge is 2.30. The molecule has 0 bridgehead atoms. The molecule has 1 aromatic carbocycles. The van der Waals surface area contributed by atoms with Crippen LogP contribution in [-0.4, -0.2) is 69.8 Å². The van der Waals surface area contributed by atoms with Gasteiger partial charge in [-0.05, 0) is 25.1 Å². The van der Waals surface area contributed by atoms with Crippen molar-refractivity contribution >= 4 is 21.8 Å². The zero-order valence-electron chi connectivity index (χ0n) is 14.1. The van der Waals surface area contributed by atoms with Crippen molar-refractivity contribution in [3.05, 3.63) is 29.8 Å². The van der Waals surface area contributed by atoms with Gasteiger partial charge in [-0.15, -0.1) is 0 Å². The highest BCUT2D eigenvalue weighted by atomic mass is 32.2. The van der Waals surface area contributed by atoms with Crippen molar-refractivity contribution in [2.75, 3.05) is 34.4 Å². The minimum atomic E-state index is -3.96. The molecular formula is C15H22FN3O4S. The van der Waals surface area contributed by atoms with Gasteiger partial charge in [-0.3, -0.25) is 9.59 Å². The Morgan fingerprint density at radius 1 is 1.25 bits per heavy atom. The molecule has 1 rings (SSSR count). The molecule has 1 aromatic rings. The molecule has 2 amide bonds. The van der Waals surface area contributed by atoms with Crippen LogP contribution in [0.4, 0.5) is 4.39 Å². The number of carbonyl (C=O) groups excluding carboxylic acids is 2. The van der Waals surface area contributed by atoms with Crippen LogP contribution in [0.25, 0.3) is 0 Å². The Morgan fingerprint density at radius 3 is 2.42 bits per heavy atom. The van der Waals surface area contributed by atoms with Crippen LogP contribution in [0.5, 0.6) is 0 Å². The summed E-state index contributed by atoms with van der Waals surface area (Å²) in [5.41, 5.74) is 0.101. The number of hydrogen-bond acceptors (Lipinski definition) is 4. The molecule has 24 heavy (non-hydrogen) atoms. The quantitative estimate of drug-likeness (QED) is 0.767. The van der Waals surface area contributed by atoms with Gasteiger partial charge < -0.3 is 10.2 Å². The normalized spacial score (nSPS) is 12.8. The van der Waals surface area contributed by atoms with Crippen LogP contribution in [0.15, 0.2) is 29.2 Å². The van der Waals surface area contributed by atoms with Crippen molar-refractivity contribution in [1.29, 1.82) is 0 Å². The summed E-state index contributed by atoms with van der Waals surface area (Å²) < 4.78 is 38.4. The number of nitrogens with zero attached hydrogens (tertiary/aromatic N) is 2. The maximum Gasteiger partial charge on any atom is 0.251 e. The average molecular weight is 359 g/mol. The molecule has 0 aromatic heterocycles. The molecule has 0 radical (unpaired) electrons. The molecule has 0 unspecified atom stereocenters. The Bertz CT molecular complexity index is 706. The summed E-state index contributed by atoms with van der Waals surface area (Å²) in [5.74, 6) is -0.928.